The first-order valence-electron chi connectivity index (χ1n) is 9.56. The minimum Gasteiger partial charge on any atom is -0.362 e. The summed E-state index contributed by atoms with van der Waals surface area (Å²) in [5, 5.41) is 7.23. The molecule has 7 heteroatoms. The molecule has 3 rings (SSSR count). The molecule has 7 nitrogen and oxygen atoms in total. The highest BCUT2D eigenvalue weighted by atomic mass is 16.1. The lowest BCUT2D eigenvalue weighted by molar-refractivity contribution is 0.0961. The number of hydrogen-bond donors (Lipinski definition) is 1. The highest BCUT2D eigenvalue weighted by molar-refractivity contribution is 5.94. The number of likely N-dealkylation sites (tertiary alicyclic amines) is 1. The number of piperidine rings is 1. The maximum absolute atomic E-state index is 12.0. The third kappa shape index (κ3) is 4.66. The number of aromatic nitrogens is 3. The topological polar surface area (TPSA) is 66.3 Å². The molecule has 0 unspecified atom stereocenters. The number of nitrogens with zero attached hydrogens (tertiary/aromatic N) is 5. The maximum atomic E-state index is 12.0. The Morgan fingerprint density at radius 3 is 2.74 bits per heavy atom. The lowest BCUT2D eigenvalue weighted by atomic mass is 9.91. The van der Waals surface area contributed by atoms with Crippen LogP contribution in [-0.2, 0) is 20.0 Å². The fourth-order valence-corrected chi connectivity index (χ4v) is 3.83. The van der Waals surface area contributed by atoms with Gasteiger partial charge < -0.3 is 10.2 Å². The van der Waals surface area contributed by atoms with Crippen molar-refractivity contribution in [3.05, 3.63) is 41.3 Å². The number of nitrogens with one attached hydrogen (secondary N) is 1. The molecular formula is C20H30N6O. The summed E-state index contributed by atoms with van der Waals surface area (Å²) in [7, 11) is 7.61. The second-order valence-corrected chi connectivity index (χ2v) is 7.55. The van der Waals surface area contributed by atoms with Crippen LogP contribution < -0.4 is 10.2 Å². The van der Waals surface area contributed by atoms with E-state index in [0.717, 1.165) is 50.4 Å². The van der Waals surface area contributed by atoms with E-state index in [1.165, 1.54) is 5.56 Å². The molecule has 1 amide bonds. The molecule has 3 heterocycles. The molecule has 0 radical (unpaired) electrons. The van der Waals surface area contributed by atoms with Gasteiger partial charge in [0.2, 0.25) is 0 Å². The number of carbonyl (C=O) groups excluding carboxylic acids is 1. The zero-order chi connectivity index (χ0) is 19.4. The summed E-state index contributed by atoms with van der Waals surface area (Å²) in [5.41, 5.74) is 2.89. The molecule has 1 aliphatic rings. The Hall–Kier alpha value is -2.41. The molecule has 27 heavy (non-hydrogen) atoms. The average molecular weight is 371 g/mol. The summed E-state index contributed by atoms with van der Waals surface area (Å²) in [5.74, 6) is 1.56. The van der Waals surface area contributed by atoms with Gasteiger partial charge in [-0.3, -0.25) is 14.4 Å². The van der Waals surface area contributed by atoms with Crippen LogP contribution in [-0.4, -0.2) is 59.8 Å². The van der Waals surface area contributed by atoms with Crippen LogP contribution in [0.1, 0.15) is 34.5 Å². The highest BCUT2D eigenvalue weighted by Crippen LogP contribution is 2.25. The van der Waals surface area contributed by atoms with Gasteiger partial charge in [-0.25, -0.2) is 4.98 Å². The Balaban J connectivity index is 1.58. The number of aryl methyl sites for hydroxylation is 1. The van der Waals surface area contributed by atoms with Crippen molar-refractivity contribution < 1.29 is 4.79 Å². The molecule has 0 spiro atoms. The molecule has 2 aromatic heterocycles. The first-order valence-corrected chi connectivity index (χ1v) is 9.56. The van der Waals surface area contributed by atoms with E-state index in [1.54, 1.807) is 11.7 Å². The minimum absolute atomic E-state index is 0.0525. The Morgan fingerprint density at radius 2 is 2.07 bits per heavy atom. The van der Waals surface area contributed by atoms with Gasteiger partial charge in [0, 0.05) is 52.7 Å². The molecular weight excluding hydrogens is 340 g/mol. The van der Waals surface area contributed by atoms with Gasteiger partial charge in [-0.15, -0.1) is 0 Å². The Kier molecular flexibility index (Phi) is 6.11. The van der Waals surface area contributed by atoms with Gasteiger partial charge in [0.15, 0.2) is 0 Å². The smallest absolute Gasteiger partial charge is 0.254 e. The lowest BCUT2D eigenvalue weighted by Crippen LogP contribution is -2.34. The third-order valence-corrected chi connectivity index (χ3v) is 5.25. The molecule has 2 aromatic rings. The zero-order valence-electron chi connectivity index (χ0n) is 16.8. The third-order valence-electron chi connectivity index (χ3n) is 5.25. The first-order chi connectivity index (χ1) is 13.0. The van der Waals surface area contributed by atoms with Crippen molar-refractivity contribution in [1.29, 1.82) is 0 Å². The second kappa shape index (κ2) is 8.52. The van der Waals surface area contributed by atoms with E-state index < -0.39 is 0 Å². The fourth-order valence-electron chi connectivity index (χ4n) is 3.83. The van der Waals surface area contributed by atoms with Crippen LogP contribution in [0.15, 0.2) is 24.5 Å². The Bertz CT molecular complexity index is 777. The van der Waals surface area contributed by atoms with Gasteiger partial charge in [-0.05, 0) is 44.3 Å². The zero-order valence-corrected chi connectivity index (χ0v) is 16.8. The number of rotatable bonds is 6. The van der Waals surface area contributed by atoms with Crippen molar-refractivity contribution in [1.82, 2.24) is 25.0 Å². The average Bonchev–Trinajstić information content (AvgIpc) is 3.03. The van der Waals surface area contributed by atoms with Crippen molar-refractivity contribution >= 4 is 11.7 Å². The molecule has 0 aliphatic carbocycles. The lowest BCUT2D eigenvalue weighted by Gasteiger charge is -2.32. The normalized spacial score (nSPS) is 15.7. The van der Waals surface area contributed by atoms with Gasteiger partial charge in [0.25, 0.3) is 5.91 Å². The number of anilines is 1. The first kappa shape index (κ1) is 19.4. The maximum Gasteiger partial charge on any atom is 0.254 e. The van der Waals surface area contributed by atoms with Gasteiger partial charge in [-0.1, -0.05) is 6.07 Å². The molecule has 1 saturated heterocycles. The monoisotopic (exact) mass is 370 g/mol. The van der Waals surface area contributed by atoms with E-state index in [9.17, 15) is 4.79 Å². The SMILES string of the molecule is CNC(=O)c1cn(C)nc1CC1CCN(Cc2cccnc2N(C)C)CC1. The molecule has 0 atom stereocenters. The molecule has 0 aromatic carbocycles. The summed E-state index contributed by atoms with van der Waals surface area (Å²) in [6.45, 7) is 3.06. The number of hydrogen-bond acceptors (Lipinski definition) is 5. The number of carbonyl (C=O) groups is 1. The summed E-state index contributed by atoms with van der Waals surface area (Å²) >= 11 is 0. The fraction of sp³-hybridized carbons (Fsp3) is 0.550. The predicted molar refractivity (Wildman–Crippen MR) is 107 cm³/mol. The number of amides is 1. The largest absolute Gasteiger partial charge is 0.362 e. The molecule has 146 valence electrons. The van der Waals surface area contributed by atoms with Gasteiger partial charge >= 0.3 is 0 Å². The highest BCUT2D eigenvalue weighted by Gasteiger charge is 2.24. The quantitative estimate of drug-likeness (QED) is 0.838. The van der Waals surface area contributed by atoms with Crippen molar-refractivity contribution in [2.45, 2.75) is 25.8 Å². The van der Waals surface area contributed by atoms with E-state index in [1.807, 2.05) is 39.6 Å². The molecule has 1 fully saturated rings. The summed E-state index contributed by atoms with van der Waals surface area (Å²) in [6, 6.07) is 4.18. The molecule has 1 aliphatic heterocycles. The van der Waals surface area contributed by atoms with Crippen LogP contribution in [0.4, 0.5) is 5.82 Å². The predicted octanol–water partition coefficient (Wildman–Crippen LogP) is 1.70. The minimum atomic E-state index is -0.0525. The van der Waals surface area contributed by atoms with Crippen LogP contribution in [0.5, 0.6) is 0 Å². The molecule has 0 saturated carbocycles. The summed E-state index contributed by atoms with van der Waals surface area (Å²) < 4.78 is 1.74. The summed E-state index contributed by atoms with van der Waals surface area (Å²) in [6.07, 6.45) is 6.78. The van der Waals surface area contributed by atoms with Crippen LogP contribution in [0.25, 0.3) is 0 Å². The van der Waals surface area contributed by atoms with E-state index in [0.29, 0.717) is 11.5 Å². The molecule has 0 bridgehead atoms. The van der Waals surface area contributed by atoms with Gasteiger partial charge in [0.05, 0.1) is 11.3 Å². The van der Waals surface area contributed by atoms with E-state index in [-0.39, 0.29) is 5.91 Å². The van der Waals surface area contributed by atoms with Crippen molar-refractivity contribution in [2.75, 3.05) is 39.1 Å². The summed E-state index contributed by atoms with van der Waals surface area (Å²) in [4.78, 5) is 21.1. The van der Waals surface area contributed by atoms with Crippen molar-refractivity contribution in [3.8, 4) is 0 Å². The Labute approximate surface area is 161 Å². The van der Waals surface area contributed by atoms with Crippen LogP contribution >= 0.6 is 0 Å². The van der Waals surface area contributed by atoms with Gasteiger partial charge in [0.1, 0.15) is 5.82 Å². The number of pyridine rings is 1. The van der Waals surface area contributed by atoms with E-state index >= 15 is 0 Å². The van der Waals surface area contributed by atoms with Crippen LogP contribution in [0.3, 0.4) is 0 Å². The van der Waals surface area contributed by atoms with Crippen LogP contribution in [0, 0.1) is 5.92 Å². The van der Waals surface area contributed by atoms with Crippen LogP contribution in [0.2, 0.25) is 0 Å². The second-order valence-electron chi connectivity index (χ2n) is 7.55. The van der Waals surface area contributed by atoms with E-state index in [2.05, 4.69) is 31.3 Å². The van der Waals surface area contributed by atoms with E-state index in [4.69, 9.17) is 0 Å². The van der Waals surface area contributed by atoms with Crippen molar-refractivity contribution in [3.63, 3.8) is 0 Å². The molecule has 1 N–H and O–H groups in total. The van der Waals surface area contributed by atoms with Gasteiger partial charge in [-0.2, -0.15) is 5.10 Å². The standard InChI is InChI=1S/C20H30N6O/c1-21-20(27)17-14-25(4)23-18(17)12-15-7-10-26(11-8-15)13-16-6-5-9-22-19(16)24(2)3/h5-6,9,14-15H,7-8,10-13H2,1-4H3,(H,21,27). The Morgan fingerprint density at radius 1 is 1.33 bits per heavy atom. The van der Waals surface area contributed by atoms with Crippen molar-refractivity contribution in [2.24, 2.45) is 13.0 Å².